The summed E-state index contributed by atoms with van der Waals surface area (Å²) in [7, 11) is 4.72. The number of amides is 1. The summed E-state index contributed by atoms with van der Waals surface area (Å²) in [4.78, 5) is 12.1. The van der Waals surface area contributed by atoms with Gasteiger partial charge in [0.25, 0.3) is 0 Å². The van der Waals surface area contributed by atoms with Crippen molar-refractivity contribution in [3.63, 3.8) is 0 Å². The zero-order valence-electron chi connectivity index (χ0n) is 13.3. The summed E-state index contributed by atoms with van der Waals surface area (Å²) in [5, 5.41) is 2.77. The van der Waals surface area contributed by atoms with Gasteiger partial charge in [0.2, 0.25) is 5.91 Å². The van der Waals surface area contributed by atoms with Crippen LogP contribution in [0.3, 0.4) is 0 Å². The molecule has 0 bridgehead atoms. The molecule has 0 spiro atoms. The average Bonchev–Trinajstić information content (AvgIpc) is 2.60. The molecule has 0 saturated carbocycles. The van der Waals surface area contributed by atoms with Crippen LogP contribution in [-0.2, 0) is 4.79 Å². The monoisotopic (exact) mass is 313 g/mol. The molecular formula is C18H19NO4. The van der Waals surface area contributed by atoms with E-state index in [0.717, 1.165) is 11.3 Å². The van der Waals surface area contributed by atoms with Gasteiger partial charge >= 0.3 is 0 Å². The summed E-state index contributed by atoms with van der Waals surface area (Å²) in [5.74, 6) is 1.72. The van der Waals surface area contributed by atoms with Crippen molar-refractivity contribution in [2.24, 2.45) is 0 Å². The van der Waals surface area contributed by atoms with E-state index in [4.69, 9.17) is 14.2 Å². The number of hydrogen-bond acceptors (Lipinski definition) is 4. The number of carbonyl (C=O) groups is 1. The van der Waals surface area contributed by atoms with Crippen molar-refractivity contribution in [2.45, 2.75) is 0 Å². The zero-order chi connectivity index (χ0) is 16.7. The minimum atomic E-state index is -0.257. The molecule has 0 radical (unpaired) electrons. The Kier molecular flexibility index (Phi) is 5.63. The second kappa shape index (κ2) is 7.89. The Morgan fingerprint density at radius 2 is 1.57 bits per heavy atom. The smallest absolute Gasteiger partial charge is 0.248 e. The van der Waals surface area contributed by atoms with Crippen LogP contribution >= 0.6 is 0 Å². The Labute approximate surface area is 135 Å². The first-order valence-corrected chi connectivity index (χ1v) is 7.01. The molecule has 0 aliphatic carbocycles. The molecule has 0 aliphatic rings. The Morgan fingerprint density at radius 3 is 2.17 bits per heavy atom. The number of ether oxygens (including phenoxy) is 3. The highest BCUT2D eigenvalue weighted by Gasteiger charge is 2.07. The molecule has 120 valence electrons. The van der Waals surface area contributed by atoms with E-state index in [2.05, 4.69) is 5.32 Å². The molecule has 1 N–H and O–H groups in total. The number of nitrogens with one attached hydrogen (secondary N) is 1. The van der Waals surface area contributed by atoms with Crippen molar-refractivity contribution in [3.05, 3.63) is 54.1 Å². The molecule has 5 nitrogen and oxygen atoms in total. The SMILES string of the molecule is COc1ccc(/C=C/C(=O)Nc2cc(OC)ccc2OC)cc1. The Hall–Kier alpha value is -2.95. The van der Waals surface area contributed by atoms with Gasteiger partial charge in [-0.25, -0.2) is 0 Å². The van der Waals surface area contributed by atoms with Crippen LogP contribution in [0, 0.1) is 0 Å². The third-order valence-electron chi connectivity index (χ3n) is 3.21. The van der Waals surface area contributed by atoms with E-state index < -0.39 is 0 Å². The molecule has 0 aromatic heterocycles. The first-order valence-electron chi connectivity index (χ1n) is 7.01. The molecule has 2 rings (SSSR count). The van der Waals surface area contributed by atoms with Crippen molar-refractivity contribution < 1.29 is 19.0 Å². The first kappa shape index (κ1) is 16.4. The highest BCUT2D eigenvalue weighted by molar-refractivity contribution is 6.02. The standard InChI is InChI=1S/C18H19NO4/c1-21-14-7-4-13(5-8-14)6-11-18(20)19-16-12-15(22-2)9-10-17(16)23-3/h4-12H,1-3H3,(H,19,20)/b11-6+. The van der Waals surface area contributed by atoms with Gasteiger partial charge in [0.1, 0.15) is 17.2 Å². The number of hydrogen-bond donors (Lipinski definition) is 1. The van der Waals surface area contributed by atoms with Crippen LogP contribution < -0.4 is 19.5 Å². The van der Waals surface area contributed by atoms with Crippen LogP contribution in [-0.4, -0.2) is 27.2 Å². The lowest BCUT2D eigenvalue weighted by Crippen LogP contribution is -2.09. The van der Waals surface area contributed by atoms with Gasteiger partial charge in [0, 0.05) is 12.1 Å². The normalized spacial score (nSPS) is 10.4. The molecule has 0 unspecified atom stereocenters. The number of methoxy groups -OCH3 is 3. The third kappa shape index (κ3) is 4.51. The highest BCUT2D eigenvalue weighted by Crippen LogP contribution is 2.28. The summed E-state index contributed by atoms with van der Waals surface area (Å²) in [6.07, 6.45) is 3.18. The van der Waals surface area contributed by atoms with Crippen molar-refractivity contribution >= 4 is 17.7 Å². The van der Waals surface area contributed by atoms with Gasteiger partial charge in [0.05, 0.1) is 27.0 Å². The van der Waals surface area contributed by atoms with Gasteiger partial charge in [-0.05, 0) is 35.9 Å². The Bertz CT molecular complexity index is 693. The van der Waals surface area contributed by atoms with E-state index >= 15 is 0 Å². The first-order chi connectivity index (χ1) is 11.2. The topological polar surface area (TPSA) is 56.8 Å². The second-order valence-electron chi connectivity index (χ2n) is 4.66. The number of rotatable bonds is 6. The minimum absolute atomic E-state index is 0.257. The molecule has 0 fully saturated rings. The molecule has 2 aromatic carbocycles. The molecule has 1 amide bonds. The summed E-state index contributed by atoms with van der Waals surface area (Å²) < 4.78 is 15.5. The molecule has 5 heteroatoms. The fourth-order valence-corrected chi connectivity index (χ4v) is 1.97. The summed E-state index contributed by atoms with van der Waals surface area (Å²) in [5.41, 5.74) is 1.45. The highest BCUT2D eigenvalue weighted by atomic mass is 16.5. The Morgan fingerprint density at radius 1 is 0.913 bits per heavy atom. The largest absolute Gasteiger partial charge is 0.497 e. The van der Waals surface area contributed by atoms with Gasteiger partial charge in [-0.1, -0.05) is 12.1 Å². The molecular weight excluding hydrogens is 294 g/mol. The lowest BCUT2D eigenvalue weighted by molar-refractivity contribution is -0.111. The van der Waals surface area contributed by atoms with Crippen molar-refractivity contribution in [3.8, 4) is 17.2 Å². The van der Waals surface area contributed by atoms with Crippen LogP contribution in [0.1, 0.15) is 5.56 Å². The quantitative estimate of drug-likeness (QED) is 0.831. The number of anilines is 1. The third-order valence-corrected chi connectivity index (χ3v) is 3.21. The molecule has 2 aromatic rings. The predicted molar refractivity (Wildman–Crippen MR) is 90.2 cm³/mol. The van der Waals surface area contributed by atoms with Crippen LogP contribution in [0.5, 0.6) is 17.2 Å². The van der Waals surface area contributed by atoms with Crippen molar-refractivity contribution in [1.29, 1.82) is 0 Å². The van der Waals surface area contributed by atoms with Gasteiger partial charge in [-0.2, -0.15) is 0 Å². The number of carbonyl (C=O) groups excluding carboxylic acids is 1. The fraction of sp³-hybridized carbons (Fsp3) is 0.167. The van der Waals surface area contributed by atoms with Crippen molar-refractivity contribution in [2.75, 3.05) is 26.6 Å². The van der Waals surface area contributed by atoms with Crippen LogP contribution in [0.2, 0.25) is 0 Å². The summed E-state index contributed by atoms with van der Waals surface area (Å²) in [6, 6.07) is 12.6. The molecule has 0 saturated heterocycles. The maximum Gasteiger partial charge on any atom is 0.248 e. The fourth-order valence-electron chi connectivity index (χ4n) is 1.97. The lowest BCUT2D eigenvalue weighted by Gasteiger charge is -2.10. The predicted octanol–water partition coefficient (Wildman–Crippen LogP) is 3.36. The van der Waals surface area contributed by atoms with E-state index in [1.807, 2.05) is 24.3 Å². The van der Waals surface area contributed by atoms with E-state index in [0.29, 0.717) is 17.2 Å². The van der Waals surface area contributed by atoms with E-state index in [-0.39, 0.29) is 5.91 Å². The average molecular weight is 313 g/mol. The van der Waals surface area contributed by atoms with Gasteiger partial charge in [-0.3, -0.25) is 4.79 Å². The zero-order valence-corrected chi connectivity index (χ0v) is 13.3. The second-order valence-corrected chi connectivity index (χ2v) is 4.66. The van der Waals surface area contributed by atoms with Gasteiger partial charge in [0.15, 0.2) is 0 Å². The van der Waals surface area contributed by atoms with E-state index in [1.165, 1.54) is 6.08 Å². The van der Waals surface area contributed by atoms with Crippen LogP contribution in [0.25, 0.3) is 6.08 Å². The summed E-state index contributed by atoms with van der Waals surface area (Å²) >= 11 is 0. The van der Waals surface area contributed by atoms with Gasteiger partial charge in [-0.15, -0.1) is 0 Å². The van der Waals surface area contributed by atoms with E-state index in [9.17, 15) is 4.79 Å². The summed E-state index contributed by atoms with van der Waals surface area (Å²) in [6.45, 7) is 0. The van der Waals surface area contributed by atoms with Crippen LogP contribution in [0.15, 0.2) is 48.5 Å². The molecule has 0 aliphatic heterocycles. The van der Waals surface area contributed by atoms with E-state index in [1.54, 1.807) is 45.6 Å². The van der Waals surface area contributed by atoms with Gasteiger partial charge < -0.3 is 19.5 Å². The van der Waals surface area contributed by atoms with Crippen LogP contribution in [0.4, 0.5) is 5.69 Å². The number of benzene rings is 2. The Balaban J connectivity index is 2.07. The molecule has 0 atom stereocenters. The lowest BCUT2D eigenvalue weighted by atomic mass is 10.2. The van der Waals surface area contributed by atoms with Crippen molar-refractivity contribution in [1.82, 2.24) is 0 Å². The molecule has 23 heavy (non-hydrogen) atoms. The molecule has 0 heterocycles. The minimum Gasteiger partial charge on any atom is -0.497 e. The maximum absolute atomic E-state index is 12.1. The maximum atomic E-state index is 12.1.